The van der Waals surface area contributed by atoms with E-state index in [0.29, 0.717) is 29.8 Å². The molecule has 0 aliphatic heterocycles. The Kier molecular flexibility index (Phi) is 4.81. The van der Waals surface area contributed by atoms with Gasteiger partial charge in [-0.2, -0.15) is 15.0 Å². The molecule has 2 aromatic rings. The second-order valence-electron chi connectivity index (χ2n) is 4.23. The molecule has 0 saturated heterocycles. The standard InChI is InChI=1S/C14H16N6O/c15-9-11(10-16)5-6-17-14(21)12-3-1-2-4-13(12)20-18-7-8-19-20/h1-4,7-10,15H,5-6,16H2,(H,17,21)/b11-10-,15-9?. The summed E-state index contributed by atoms with van der Waals surface area (Å²) in [6.45, 7) is 0.401. The Bertz CT molecular complexity index is 647. The molecule has 0 bridgehead atoms. The van der Waals surface area contributed by atoms with Gasteiger partial charge in [-0.25, -0.2) is 0 Å². The van der Waals surface area contributed by atoms with Gasteiger partial charge in [0.2, 0.25) is 0 Å². The highest BCUT2D eigenvalue weighted by atomic mass is 16.1. The average molecular weight is 284 g/mol. The molecule has 0 aliphatic carbocycles. The Balaban J connectivity index is 2.08. The number of nitrogens with two attached hydrogens (primary N) is 1. The third-order valence-corrected chi connectivity index (χ3v) is 2.88. The van der Waals surface area contributed by atoms with Crippen LogP contribution in [0.1, 0.15) is 16.8 Å². The molecule has 0 fully saturated rings. The third kappa shape index (κ3) is 3.53. The molecule has 1 heterocycles. The first-order valence-corrected chi connectivity index (χ1v) is 6.41. The molecule has 2 rings (SSSR count). The van der Waals surface area contributed by atoms with Crippen LogP contribution >= 0.6 is 0 Å². The minimum Gasteiger partial charge on any atom is -0.404 e. The summed E-state index contributed by atoms with van der Waals surface area (Å²) in [6.07, 6.45) is 6.15. The van der Waals surface area contributed by atoms with Crippen molar-refractivity contribution in [1.29, 1.82) is 5.41 Å². The summed E-state index contributed by atoms with van der Waals surface area (Å²) in [5.74, 6) is -0.218. The van der Waals surface area contributed by atoms with Crippen molar-refractivity contribution in [1.82, 2.24) is 20.3 Å². The van der Waals surface area contributed by atoms with Crippen LogP contribution in [0.15, 0.2) is 48.4 Å². The van der Waals surface area contributed by atoms with Gasteiger partial charge in [-0.3, -0.25) is 4.79 Å². The highest BCUT2D eigenvalue weighted by Crippen LogP contribution is 2.12. The number of benzene rings is 1. The van der Waals surface area contributed by atoms with Gasteiger partial charge in [0.25, 0.3) is 5.91 Å². The quantitative estimate of drug-likeness (QED) is 0.684. The number of nitrogens with zero attached hydrogens (tertiary/aromatic N) is 3. The van der Waals surface area contributed by atoms with Gasteiger partial charge in [0, 0.05) is 12.8 Å². The van der Waals surface area contributed by atoms with E-state index in [1.165, 1.54) is 17.2 Å². The SMILES string of the molecule is N=C/C(=C\N)CCNC(=O)c1ccccc1-n1nccn1. The van der Waals surface area contributed by atoms with Crippen molar-refractivity contribution in [3.05, 3.63) is 54.0 Å². The molecule has 0 unspecified atom stereocenters. The van der Waals surface area contributed by atoms with Crippen LogP contribution in [0.4, 0.5) is 0 Å². The Hall–Kier alpha value is -2.96. The largest absolute Gasteiger partial charge is 0.404 e. The highest BCUT2D eigenvalue weighted by Gasteiger charge is 2.12. The van der Waals surface area contributed by atoms with Crippen LogP contribution in [-0.2, 0) is 0 Å². The van der Waals surface area contributed by atoms with Crippen molar-refractivity contribution >= 4 is 12.1 Å². The van der Waals surface area contributed by atoms with Gasteiger partial charge in [0.15, 0.2) is 0 Å². The number of nitrogens with one attached hydrogen (secondary N) is 2. The lowest BCUT2D eigenvalue weighted by atomic mass is 10.1. The fourth-order valence-corrected chi connectivity index (χ4v) is 1.80. The molecule has 1 amide bonds. The molecule has 7 nitrogen and oxygen atoms in total. The number of aromatic nitrogens is 3. The van der Waals surface area contributed by atoms with Gasteiger partial charge in [-0.1, -0.05) is 12.1 Å². The first-order valence-electron chi connectivity index (χ1n) is 6.41. The molecule has 21 heavy (non-hydrogen) atoms. The molecule has 7 heteroatoms. The van der Waals surface area contributed by atoms with Gasteiger partial charge in [0.05, 0.1) is 23.6 Å². The van der Waals surface area contributed by atoms with E-state index in [2.05, 4.69) is 15.5 Å². The lowest BCUT2D eigenvalue weighted by molar-refractivity contribution is 0.0954. The van der Waals surface area contributed by atoms with Crippen LogP contribution in [-0.4, -0.2) is 33.7 Å². The topological polar surface area (TPSA) is 110 Å². The lowest BCUT2D eigenvalue weighted by Crippen LogP contribution is -2.26. The van der Waals surface area contributed by atoms with Crippen molar-refractivity contribution in [2.24, 2.45) is 5.73 Å². The smallest absolute Gasteiger partial charge is 0.253 e. The number of hydrogen-bond acceptors (Lipinski definition) is 5. The summed E-state index contributed by atoms with van der Waals surface area (Å²) in [5, 5.41) is 18.0. The van der Waals surface area contributed by atoms with E-state index in [1.807, 2.05) is 6.07 Å². The molecule has 1 aromatic carbocycles. The molecule has 4 N–H and O–H groups in total. The summed E-state index contributed by atoms with van der Waals surface area (Å²) >= 11 is 0. The van der Waals surface area contributed by atoms with Crippen LogP contribution in [0.5, 0.6) is 0 Å². The Morgan fingerprint density at radius 1 is 1.33 bits per heavy atom. The van der Waals surface area contributed by atoms with E-state index < -0.39 is 0 Å². The zero-order chi connectivity index (χ0) is 15.1. The van der Waals surface area contributed by atoms with E-state index in [1.54, 1.807) is 30.6 Å². The number of carbonyl (C=O) groups excluding carboxylic acids is 1. The monoisotopic (exact) mass is 284 g/mol. The minimum atomic E-state index is -0.218. The van der Waals surface area contributed by atoms with Crippen LogP contribution in [0.25, 0.3) is 5.69 Å². The Morgan fingerprint density at radius 3 is 2.71 bits per heavy atom. The fraction of sp³-hybridized carbons (Fsp3) is 0.143. The van der Waals surface area contributed by atoms with E-state index in [-0.39, 0.29) is 5.91 Å². The average Bonchev–Trinajstić information content (AvgIpc) is 3.05. The second-order valence-corrected chi connectivity index (χ2v) is 4.23. The fourth-order valence-electron chi connectivity index (χ4n) is 1.80. The summed E-state index contributed by atoms with van der Waals surface area (Å²) in [5.41, 5.74) is 7.12. The van der Waals surface area contributed by atoms with Crippen molar-refractivity contribution in [2.45, 2.75) is 6.42 Å². The maximum Gasteiger partial charge on any atom is 0.253 e. The van der Waals surface area contributed by atoms with Crippen molar-refractivity contribution in [3.63, 3.8) is 0 Å². The first kappa shape index (κ1) is 14.4. The molecule has 108 valence electrons. The van der Waals surface area contributed by atoms with Gasteiger partial charge in [-0.05, 0) is 30.3 Å². The van der Waals surface area contributed by atoms with Crippen LogP contribution in [0.2, 0.25) is 0 Å². The van der Waals surface area contributed by atoms with Crippen LogP contribution in [0, 0.1) is 5.41 Å². The van der Waals surface area contributed by atoms with Gasteiger partial charge < -0.3 is 16.5 Å². The summed E-state index contributed by atoms with van der Waals surface area (Å²) in [6, 6.07) is 7.09. The van der Waals surface area contributed by atoms with E-state index in [4.69, 9.17) is 11.1 Å². The lowest BCUT2D eigenvalue weighted by Gasteiger charge is -2.09. The molecule has 0 aliphatic rings. The van der Waals surface area contributed by atoms with E-state index in [0.717, 1.165) is 0 Å². The predicted molar refractivity (Wildman–Crippen MR) is 79.4 cm³/mol. The van der Waals surface area contributed by atoms with Gasteiger partial charge in [-0.15, -0.1) is 0 Å². The molecular formula is C14H16N6O. The molecule has 0 spiro atoms. The molecule has 0 saturated carbocycles. The Morgan fingerprint density at radius 2 is 2.05 bits per heavy atom. The maximum atomic E-state index is 12.2. The van der Waals surface area contributed by atoms with Crippen LogP contribution in [0.3, 0.4) is 0 Å². The number of carbonyl (C=O) groups is 1. The Labute approximate surface area is 122 Å². The van der Waals surface area contributed by atoms with E-state index >= 15 is 0 Å². The van der Waals surface area contributed by atoms with Gasteiger partial charge >= 0.3 is 0 Å². The summed E-state index contributed by atoms with van der Waals surface area (Å²) in [7, 11) is 0. The molecule has 0 atom stereocenters. The second kappa shape index (κ2) is 6.99. The highest BCUT2D eigenvalue weighted by molar-refractivity contribution is 5.97. The number of hydrogen-bond donors (Lipinski definition) is 3. The number of rotatable bonds is 6. The first-order chi connectivity index (χ1) is 10.3. The minimum absolute atomic E-state index is 0.218. The van der Waals surface area contributed by atoms with Crippen molar-refractivity contribution < 1.29 is 4.79 Å². The maximum absolute atomic E-state index is 12.2. The zero-order valence-corrected chi connectivity index (χ0v) is 11.4. The third-order valence-electron chi connectivity index (χ3n) is 2.88. The van der Waals surface area contributed by atoms with Crippen LogP contribution < -0.4 is 11.1 Å². The molecular weight excluding hydrogens is 268 g/mol. The summed E-state index contributed by atoms with van der Waals surface area (Å²) < 4.78 is 0. The summed E-state index contributed by atoms with van der Waals surface area (Å²) in [4.78, 5) is 13.6. The number of para-hydroxylation sites is 1. The predicted octanol–water partition coefficient (Wildman–Crippen LogP) is 0.879. The zero-order valence-electron chi connectivity index (χ0n) is 11.4. The molecule has 1 aromatic heterocycles. The van der Waals surface area contributed by atoms with Crippen molar-refractivity contribution in [3.8, 4) is 5.69 Å². The molecule has 0 radical (unpaired) electrons. The van der Waals surface area contributed by atoms with Crippen molar-refractivity contribution in [2.75, 3.05) is 6.54 Å². The van der Waals surface area contributed by atoms with E-state index in [9.17, 15) is 4.79 Å². The van der Waals surface area contributed by atoms with Gasteiger partial charge in [0.1, 0.15) is 0 Å². The number of amides is 1. The normalized spacial score (nSPS) is 11.1.